The maximum Gasteiger partial charge on any atom is 0.410 e. The zero-order valence-electron chi connectivity index (χ0n) is 16.1. The van der Waals surface area contributed by atoms with Crippen molar-refractivity contribution in [3.05, 3.63) is 59.9 Å². The molecule has 0 unspecified atom stereocenters. The van der Waals surface area contributed by atoms with Crippen LogP contribution >= 0.6 is 0 Å². The van der Waals surface area contributed by atoms with Crippen LogP contribution in [0, 0.1) is 11.7 Å². The zero-order chi connectivity index (χ0) is 21.4. The zero-order valence-corrected chi connectivity index (χ0v) is 16.1. The summed E-state index contributed by atoms with van der Waals surface area (Å²) >= 11 is 0. The second kappa shape index (κ2) is 10.2. The number of amides is 1. The van der Waals surface area contributed by atoms with Crippen LogP contribution in [-0.4, -0.2) is 36.0 Å². The molecular formula is C21H22FNO6. The van der Waals surface area contributed by atoms with E-state index in [1.165, 1.54) is 26.0 Å². The number of aliphatic carboxylic acids is 1. The maximum atomic E-state index is 13.2. The number of nitrogens with one attached hydrogen (secondary N) is 1. The highest BCUT2D eigenvalue weighted by Gasteiger charge is 2.22. The first kappa shape index (κ1) is 21.9. The number of rotatable bonds is 8. The summed E-state index contributed by atoms with van der Waals surface area (Å²) in [5.74, 6) is -2.98. The lowest BCUT2D eigenvalue weighted by atomic mass is 9.92. The first-order chi connectivity index (χ1) is 13.8. The van der Waals surface area contributed by atoms with Crippen LogP contribution in [0.15, 0.2) is 48.5 Å². The van der Waals surface area contributed by atoms with Crippen molar-refractivity contribution in [3.63, 3.8) is 0 Å². The van der Waals surface area contributed by atoms with Gasteiger partial charge in [0.25, 0.3) is 0 Å². The van der Waals surface area contributed by atoms with Crippen LogP contribution in [0.1, 0.15) is 19.4 Å². The Morgan fingerprint density at radius 2 is 1.72 bits per heavy atom. The van der Waals surface area contributed by atoms with E-state index in [0.717, 1.165) is 16.7 Å². The van der Waals surface area contributed by atoms with Gasteiger partial charge in [-0.25, -0.2) is 9.18 Å². The number of carbonyl (C=O) groups is 3. The van der Waals surface area contributed by atoms with E-state index in [-0.39, 0.29) is 18.8 Å². The Morgan fingerprint density at radius 1 is 1.07 bits per heavy atom. The molecule has 0 aromatic heterocycles. The van der Waals surface area contributed by atoms with Crippen molar-refractivity contribution >= 4 is 18.0 Å². The summed E-state index contributed by atoms with van der Waals surface area (Å²) in [5.41, 5.74) is 2.29. The Morgan fingerprint density at radius 3 is 2.34 bits per heavy atom. The van der Waals surface area contributed by atoms with Crippen molar-refractivity contribution in [2.45, 2.75) is 26.6 Å². The van der Waals surface area contributed by atoms with Crippen molar-refractivity contribution in [3.8, 4) is 11.1 Å². The predicted molar refractivity (Wildman–Crippen MR) is 102 cm³/mol. The summed E-state index contributed by atoms with van der Waals surface area (Å²) in [6.45, 7) is 2.37. The quantitative estimate of drug-likeness (QED) is 0.518. The monoisotopic (exact) mass is 403 g/mol. The molecule has 0 aliphatic heterocycles. The smallest absolute Gasteiger partial charge is 0.410 e. The largest absolute Gasteiger partial charge is 0.481 e. The minimum absolute atomic E-state index is 0.142. The van der Waals surface area contributed by atoms with E-state index in [9.17, 15) is 23.9 Å². The number of carbonyl (C=O) groups excluding carboxylic acids is 2. The Balaban J connectivity index is 2.06. The van der Waals surface area contributed by atoms with Crippen molar-refractivity contribution in [1.82, 2.24) is 5.32 Å². The molecule has 2 N–H and O–H groups in total. The van der Waals surface area contributed by atoms with E-state index >= 15 is 0 Å². The topological polar surface area (TPSA) is 102 Å². The minimum Gasteiger partial charge on any atom is -0.481 e. The van der Waals surface area contributed by atoms with Crippen LogP contribution < -0.4 is 5.32 Å². The summed E-state index contributed by atoms with van der Waals surface area (Å²) in [5, 5.41) is 11.9. The highest BCUT2D eigenvalue weighted by Crippen LogP contribution is 2.26. The average molecular weight is 403 g/mol. The fourth-order valence-corrected chi connectivity index (χ4v) is 2.78. The van der Waals surface area contributed by atoms with Gasteiger partial charge in [-0.15, -0.1) is 0 Å². The minimum atomic E-state index is -1.09. The molecule has 0 spiro atoms. The summed E-state index contributed by atoms with van der Waals surface area (Å²) in [6, 6.07) is 13.1. The Hall–Kier alpha value is -3.42. The summed E-state index contributed by atoms with van der Waals surface area (Å²) in [6.07, 6.45) is -1.84. The predicted octanol–water partition coefficient (Wildman–Crippen LogP) is 3.37. The van der Waals surface area contributed by atoms with Crippen LogP contribution in [0.3, 0.4) is 0 Å². The van der Waals surface area contributed by atoms with Gasteiger partial charge >= 0.3 is 18.0 Å². The normalized spacial score (nSPS) is 12.5. The molecule has 0 saturated carbocycles. The first-order valence-corrected chi connectivity index (χ1v) is 8.94. The highest BCUT2D eigenvalue weighted by molar-refractivity contribution is 5.74. The number of esters is 1. The molecule has 1 amide bonds. The fraction of sp³-hybridized carbons (Fsp3) is 0.286. The van der Waals surface area contributed by atoms with Crippen molar-refractivity contribution in [2.75, 3.05) is 6.54 Å². The van der Waals surface area contributed by atoms with Gasteiger partial charge in [0.15, 0.2) is 0 Å². The second-order valence-electron chi connectivity index (χ2n) is 6.37. The lowest BCUT2D eigenvalue weighted by Gasteiger charge is -2.17. The van der Waals surface area contributed by atoms with Crippen LogP contribution in [0.5, 0.6) is 0 Å². The van der Waals surface area contributed by atoms with Gasteiger partial charge in [-0.2, -0.15) is 0 Å². The number of benzene rings is 2. The van der Waals surface area contributed by atoms with Gasteiger partial charge in [0, 0.05) is 20.4 Å². The lowest BCUT2D eigenvalue weighted by Crippen LogP contribution is -2.36. The summed E-state index contributed by atoms with van der Waals surface area (Å²) in [7, 11) is 0. The SMILES string of the molecule is CC(=O)O[C@H](C)OC(=O)NC[C@H](Cc1ccccc1-c1ccc(F)cc1)C(=O)O. The molecule has 0 fully saturated rings. The van der Waals surface area contributed by atoms with Crippen LogP contribution in [0.4, 0.5) is 9.18 Å². The Labute approximate surface area is 167 Å². The lowest BCUT2D eigenvalue weighted by molar-refractivity contribution is -0.162. The molecule has 2 aromatic rings. The van der Waals surface area contributed by atoms with Crippen molar-refractivity contribution < 1.29 is 33.4 Å². The third-order valence-electron chi connectivity index (χ3n) is 4.09. The fourth-order valence-electron chi connectivity index (χ4n) is 2.78. The number of carboxylic acid groups (broad SMARTS) is 1. The van der Waals surface area contributed by atoms with E-state index in [1.54, 1.807) is 24.3 Å². The molecule has 2 rings (SSSR count). The third-order valence-corrected chi connectivity index (χ3v) is 4.09. The van der Waals surface area contributed by atoms with E-state index in [1.807, 2.05) is 12.1 Å². The van der Waals surface area contributed by atoms with Crippen LogP contribution in [0.25, 0.3) is 11.1 Å². The number of hydrogen-bond donors (Lipinski definition) is 2. The van der Waals surface area contributed by atoms with Gasteiger partial charge < -0.3 is 19.9 Å². The van der Waals surface area contributed by atoms with Crippen LogP contribution in [0.2, 0.25) is 0 Å². The standard InChI is InChI=1S/C21H22FNO6/c1-13(24)28-14(2)29-21(27)23-12-17(20(25)26)11-16-5-3-4-6-19(16)15-7-9-18(22)10-8-15/h3-10,14,17H,11-12H2,1-2H3,(H,23,27)(H,25,26)/t14-,17-/m0/s1. The third kappa shape index (κ3) is 6.91. The molecule has 0 heterocycles. The number of alkyl carbamates (subject to hydrolysis) is 1. The van der Waals surface area contributed by atoms with E-state index in [4.69, 9.17) is 4.74 Å². The van der Waals surface area contributed by atoms with Crippen molar-refractivity contribution in [2.24, 2.45) is 5.92 Å². The molecule has 0 radical (unpaired) electrons. The first-order valence-electron chi connectivity index (χ1n) is 8.94. The molecular weight excluding hydrogens is 381 g/mol. The van der Waals surface area contributed by atoms with Gasteiger partial charge in [0.05, 0.1) is 5.92 Å². The highest BCUT2D eigenvalue weighted by atomic mass is 19.1. The average Bonchev–Trinajstić information content (AvgIpc) is 2.65. The number of ether oxygens (including phenoxy) is 2. The Bertz CT molecular complexity index is 868. The molecule has 0 bridgehead atoms. The van der Waals surface area contributed by atoms with Crippen LogP contribution in [-0.2, 0) is 25.5 Å². The van der Waals surface area contributed by atoms with E-state index < -0.39 is 30.2 Å². The number of hydrogen-bond acceptors (Lipinski definition) is 5. The molecule has 2 atom stereocenters. The molecule has 8 heteroatoms. The summed E-state index contributed by atoms with van der Waals surface area (Å²) in [4.78, 5) is 34.3. The molecule has 29 heavy (non-hydrogen) atoms. The van der Waals surface area contributed by atoms with Gasteiger partial charge in [0.1, 0.15) is 5.82 Å². The molecule has 2 aromatic carbocycles. The molecule has 7 nitrogen and oxygen atoms in total. The molecule has 0 aliphatic carbocycles. The molecule has 154 valence electrons. The number of halogens is 1. The maximum absolute atomic E-state index is 13.2. The van der Waals surface area contributed by atoms with Gasteiger partial charge in [-0.1, -0.05) is 36.4 Å². The molecule has 0 saturated heterocycles. The summed E-state index contributed by atoms with van der Waals surface area (Å²) < 4.78 is 22.7. The Kier molecular flexibility index (Phi) is 7.70. The molecule has 0 aliphatic rings. The van der Waals surface area contributed by atoms with Gasteiger partial charge in [0.2, 0.25) is 6.29 Å². The second-order valence-corrected chi connectivity index (χ2v) is 6.37. The van der Waals surface area contributed by atoms with E-state index in [2.05, 4.69) is 10.1 Å². The van der Waals surface area contributed by atoms with Gasteiger partial charge in [-0.3, -0.25) is 9.59 Å². The number of carboxylic acids is 1. The van der Waals surface area contributed by atoms with Crippen molar-refractivity contribution in [1.29, 1.82) is 0 Å². The van der Waals surface area contributed by atoms with Gasteiger partial charge in [-0.05, 0) is 35.2 Å². The van der Waals surface area contributed by atoms with E-state index in [0.29, 0.717) is 0 Å².